The summed E-state index contributed by atoms with van der Waals surface area (Å²) in [6.45, 7) is 0.0320. The molecule has 0 atom stereocenters. The van der Waals surface area contributed by atoms with Crippen LogP contribution in [0.1, 0.15) is 5.56 Å². The molecule has 1 amide bonds. The number of aromatic nitrogens is 1. The van der Waals surface area contributed by atoms with Gasteiger partial charge in [-0.1, -0.05) is 17.7 Å². The minimum atomic E-state index is -0.467. The molecule has 7 heteroatoms. The van der Waals surface area contributed by atoms with Crippen molar-refractivity contribution < 1.29 is 18.7 Å². The summed E-state index contributed by atoms with van der Waals surface area (Å²) in [6, 6.07) is 7.24. The van der Waals surface area contributed by atoms with Gasteiger partial charge in [-0.25, -0.2) is 9.37 Å². The molecule has 0 fully saturated rings. The molecule has 0 aliphatic carbocycles. The Morgan fingerprint density at radius 2 is 2.23 bits per heavy atom. The summed E-state index contributed by atoms with van der Waals surface area (Å²) in [5.74, 6) is -0.112. The van der Waals surface area contributed by atoms with Crippen LogP contribution in [0.2, 0.25) is 5.02 Å². The van der Waals surface area contributed by atoms with Crippen LogP contribution in [0.5, 0.6) is 11.6 Å². The number of carbonyl (C=O) groups is 1. The van der Waals surface area contributed by atoms with Gasteiger partial charge in [0.1, 0.15) is 11.6 Å². The highest BCUT2D eigenvalue weighted by Crippen LogP contribution is 2.24. The Kier molecular flexibility index (Phi) is 5.55. The van der Waals surface area contributed by atoms with Crippen LogP contribution >= 0.6 is 11.6 Å². The minimum Gasteiger partial charge on any atom is -0.482 e. The highest BCUT2D eigenvalue weighted by molar-refractivity contribution is 6.32. The van der Waals surface area contributed by atoms with Crippen molar-refractivity contribution in [3.05, 3.63) is 52.9 Å². The first-order valence-electron chi connectivity index (χ1n) is 6.42. The molecular formula is C15H14ClFN2O3. The zero-order valence-corrected chi connectivity index (χ0v) is 12.6. The quantitative estimate of drug-likeness (QED) is 0.887. The van der Waals surface area contributed by atoms with E-state index in [2.05, 4.69) is 10.3 Å². The first-order chi connectivity index (χ1) is 10.6. The minimum absolute atomic E-state index is 0.113. The molecule has 2 aromatic rings. The number of hydrogen-bond donors (Lipinski definition) is 1. The van der Waals surface area contributed by atoms with Gasteiger partial charge in [-0.2, -0.15) is 0 Å². The lowest BCUT2D eigenvalue weighted by atomic mass is 10.2. The standard InChI is InChI=1S/C15H14ClFN2O3/c1-21-15-10(3-2-6-18-15)8-19-14(20)9-22-13-5-4-11(17)7-12(13)16/h2-7H,8-9H2,1H3,(H,19,20). The van der Waals surface area contributed by atoms with Gasteiger partial charge in [0.25, 0.3) is 5.91 Å². The largest absolute Gasteiger partial charge is 0.482 e. The number of rotatable bonds is 6. The average Bonchev–Trinajstić information content (AvgIpc) is 2.52. The number of halogens is 2. The highest BCUT2D eigenvalue weighted by Gasteiger charge is 2.08. The van der Waals surface area contributed by atoms with Crippen LogP contribution in [0.25, 0.3) is 0 Å². The number of amides is 1. The first-order valence-corrected chi connectivity index (χ1v) is 6.80. The molecule has 1 aromatic heterocycles. The molecule has 1 heterocycles. The van der Waals surface area contributed by atoms with E-state index in [-0.39, 0.29) is 29.8 Å². The van der Waals surface area contributed by atoms with Gasteiger partial charge in [0, 0.05) is 18.3 Å². The van der Waals surface area contributed by atoms with E-state index in [9.17, 15) is 9.18 Å². The van der Waals surface area contributed by atoms with Crippen molar-refractivity contribution in [2.45, 2.75) is 6.54 Å². The molecule has 1 aromatic carbocycles. The first kappa shape index (κ1) is 16.0. The Balaban J connectivity index is 1.85. The molecule has 22 heavy (non-hydrogen) atoms. The van der Waals surface area contributed by atoms with Crippen molar-refractivity contribution in [1.29, 1.82) is 0 Å². The van der Waals surface area contributed by atoms with Gasteiger partial charge in [-0.05, 0) is 24.3 Å². The molecule has 0 aliphatic heterocycles. The number of ether oxygens (including phenoxy) is 2. The van der Waals surface area contributed by atoms with Gasteiger partial charge >= 0.3 is 0 Å². The van der Waals surface area contributed by atoms with Crippen LogP contribution in [0.4, 0.5) is 4.39 Å². The van der Waals surface area contributed by atoms with Crippen LogP contribution in [0.15, 0.2) is 36.5 Å². The zero-order valence-electron chi connectivity index (χ0n) is 11.8. The second-order valence-corrected chi connectivity index (χ2v) is 4.72. The molecule has 0 spiro atoms. The number of carbonyl (C=O) groups excluding carboxylic acids is 1. The molecule has 5 nitrogen and oxygen atoms in total. The molecule has 0 saturated heterocycles. The monoisotopic (exact) mass is 324 g/mol. The third-order valence-electron chi connectivity index (χ3n) is 2.77. The van der Waals surface area contributed by atoms with E-state index in [1.54, 1.807) is 18.3 Å². The fourth-order valence-electron chi connectivity index (χ4n) is 1.72. The third kappa shape index (κ3) is 4.33. The number of benzene rings is 1. The summed E-state index contributed by atoms with van der Waals surface area (Å²) in [7, 11) is 1.51. The number of nitrogens with zero attached hydrogens (tertiary/aromatic N) is 1. The Hall–Kier alpha value is -2.34. The number of hydrogen-bond acceptors (Lipinski definition) is 4. The topological polar surface area (TPSA) is 60.5 Å². The smallest absolute Gasteiger partial charge is 0.258 e. The lowest BCUT2D eigenvalue weighted by Crippen LogP contribution is -2.28. The Labute approximate surface area is 132 Å². The van der Waals surface area contributed by atoms with Gasteiger partial charge in [0.15, 0.2) is 6.61 Å². The summed E-state index contributed by atoms with van der Waals surface area (Å²) in [5, 5.41) is 2.79. The fourth-order valence-corrected chi connectivity index (χ4v) is 1.94. The third-order valence-corrected chi connectivity index (χ3v) is 3.07. The molecule has 2 rings (SSSR count). The van der Waals surface area contributed by atoms with Crippen molar-refractivity contribution in [3.63, 3.8) is 0 Å². The molecular weight excluding hydrogens is 311 g/mol. The molecule has 1 N–H and O–H groups in total. The number of nitrogens with one attached hydrogen (secondary N) is 1. The van der Waals surface area contributed by atoms with Gasteiger partial charge in [-0.3, -0.25) is 4.79 Å². The maximum Gasteiger partial charge on any atom is 0.258 e. The molecule has 0 radical (unpaired) electrons. The molecule has 0 unspecified atom stereocenters. The fraction of sp³-hybridized carbons (Fsp3) is 0.200. The highest BCUT2D eigenvalue weighted by atomic mass is 35.5. The van der Waals surface area contributed by atoms with Crippen LogP contribution in [0, 0.1) is 5.82 Å². The van der Waals surface area contributed by atoms with Crippen LogP contribution in [-0.2, 0) is 11.3 Å². The van der Waals surface area contributed by atoms with Gasteiger partial charge in [0.2, 0.25) is 5.88 Å². The van der Waals surface area contributed by atoms with Gasteiger partial charge in [-0.15, -0.1) is 0 Å². The second-order valence-electron chi connectivity index (χ2n) is 4.31. The average molecular weight is 325 g/mol. The molecule has 0 bridgehead atoms. The van der Waals surface area contributed by atoms with Crippen molar-refractivity contribution in [1.82, 2.24) is 10.3 Å². The maximum atomic E-state index is 12.9. The summed E-state index contributed by atoms with van der Waals surface area (Å²) in [5.41, 5.74) is 0.748. The van der Waals surface area contributed by atoms with E-state index in [0.717, 1.165) is 11.6 Å². The predicted octanol–water partition coefficient (Wildman–Crippen LogP) is 2.58. The summed E-state index contributed by atoms with van der Waals surface area (Å²) >= 11 is 5.80. The van der Waals surface area contributed by atoms with Crippen molar-refractivity contribution in [3.8, 4) is 11.6 Å². The van der Waals surface area contributed by atoms with Gasteiger partial charge < -0.3 is 14.8 Å². The van der Waals surface area contributed by atoms with E-state index in [1.165, 1.54) is 19.2 Å². The van der Waals surface area contributed by atoms with Crippen LogP contribution < -0.4 is 14.8 Å². The second kappa shape index (κ2) is 7.61. The van der Waals surface area contributed by atoms with Crippen molar-refractivity contribution in [2.75, 3.05) is 13.7 Å². The predicted molar refractivity (Wildman–Crippen MR) is 79.5 cm³/mol. The summed E-state index contributed by atoms with van der Waals surface area (Å²) < 4.78 is 23.2. The molecule has 0 aliphatic rings. The number of pyridine rings is 1. The van der Waals surface area contributed by atoms with Crippen molar-refractivity contribution >= 4 is 17.5 Å². The Morgan fingerprint density at radius 3 is 2.95 bits per heavy atom. The Morgan fingerprint density at radius 1 is 1.41 bits per heavy atom. The summed E-state index contributed by atoms with van der Waals surface area (Å²) in [4.78, 5) is 15.8. The van der Waals surface area contributed by atoms with Gasteiger partial charge in [0.05, 0.1) is 12.1 Å². The van der Waals surface area contributed by atoms with E-state index < -0.39 is 5.82 Å². The van der Waals surface area contributed by atoms with E-state index in [0.29, 0.717) is 5.88 Å². The lowest BCUT2D eigenvalue weighted by Gasteiger charge is -2.10. The van der Waals surface area contributed by atoms with Crippen LogP contribution in [0.3, 0.4) is 0 Å². The Bertz CT molecular complexity index is 667. The lowest BCUT2D eigenvalue weighted by molar-refractivity contribution is -0.123. The zero-order chi connectivity index (χ0) is 15.9. The van der Waals surface area contributed by atoms with E-state index in [1.807, 2.05) is 0 Å². The van der Waals surface area contributed by atoms with E-state index >= 15 is 0 Å². The number of methoxy groups -OCH3 is 1. The SMILES string of the molecule is COc1ncccc1CNC(=O)COc1ccc(F)cc1Cl. The molecule has 116 valence electrons. The maximum absolute atomic E-state index is 12.9. The van der Waals surface area contributed by atoms with Crippen LogP contribution in [-0.4, -0.2) is 24.6 Å². The summed E-state index contributed by atoms with van der Waals surface area (Å²) in [6.07, 6.45) is 1.60. The van der Waals surface area contributed by atoms with E-state index in [4.69, 9.17) is 21.1 Å². The normalized spacial score (nSPS) is 10.1. The molecule has 0 saturated carbocycles. The van der Waals surface area contributed by atoms with Crippen molar-refractivity contribution in [2.24, 2.45) is 0 Å².